The zero-order chi connectivity index (χ0) is 14.4. The van der Waals surface area contributed by atoms with Crippen LogP contribution in [0.25, 0.3) is 0 Å². The molecule has 0 N–H and O–H groups in total. The van der Waals surface area contributed by atoms with Gasteiger partial charge in [0.1, 0.15) is 5.78 Å². The zero-order valence-electron chi connectivity index (χ0n) is 12.5. The number of ketones is 2. The molecule has 2 heteroatoms. The minimum Gasteiger partial charge on any atom is -0.299 e. The fourth-order valence-electron chi connectivity index (χ4n) is 2.21. The molecule has 19 heavy (non-hydrogen) atoms. The Hall–Kier alpha value is -1.44. The summed E-state index contributed by atoms with van der Waals surface area (Å²) in [6, 6.07) is 6.02. The van der Waals surface area contributed by atoms with Crippen LogP contribution >= 0.6 is 0 Å². The highest BCUT2D eigenvalue weighted by molar-refractivity contribution is 6.08. The second-order valence-corrected chi connectivity index (χ2v) is 5.44. The van der Waals surface area contributed by atoms with Crippen LogP contribution in [0.1, 0.15) is 62.0 Å². The number of benzene rings is 1. The molecule has 0 saturated heterocycles. The van der Waals surface area contributed by atoms with Crippen molar-refractivity contribution in [3.8, 4) is 0 Å². The number of carbonyl (C=O) groups excluding carboxylic acids is 2. The second kappa shape index (κ2) is 7.22. The van der Waals surface area contributed by atoms with E-state index in [1.807, 2.05) is 32.9 Å². The second-order valence-electron chi connectivity index (χ2n) is 5.44. The summed E-state index contributed by atoms with van der Waals surface area (Å²) in [7, 11) is 0. The quantitative estimate of drug-likeness (QED) is 0.548. The summed E-state index contributed by atoms with van der Waals surface area (Å²) in [5.74, 6) is 0.328. The van der Waals surface area contributed by atoms with Gasteiger partial charge in [-0.05, 0) is 36.0 Å². The molecule has 0 atom stereocenters. The van der Waals surface area contributed by atoms with Gasteiger partial charge < -0.3 is 0 Å². The van der Waals surface area contributed by atoms with Gasteiger partial charge in [-0.1, -0.05) is 39.8 Å². The SMILES string of the molecule is CCc1ccc(CC)c(C(=O)CC(=O)CC(C)C)c1. The molecule has 0 aliphatic carbocycles. The van der Waals surface area contributed by atoms with E-state index in [2.05, 4.69) is 13.0 Å². The summed E-state index contributed by atoms with van der Waals surface area (Å²) >= 11 is 0. The van der Waals surface area contributed by atoms with Crippen LogP contribution in [-0.2, 0) is 17.6 Å². The van der Waals surface area contributed by atoms with Crippen LogP contribution < -0.4 is 0 Å². The van der Waals surface area contributed by atoms with E-state index in [4.69, 9.17) is 0 Å². The molecule has 0 heterocycles. The van der Waals surface area contributed by atoms with Crippen molar-refractivity contribution in [3.63, 3.8) is 0 Å². The van der Waals surface area contributed by atoms with Gasteiger partial charge >= 0.3 is 0 Å². The van der Waals surface area contributed by atoms with E-state index in [0.717, 1.165) is 29.5 Å². The number of hydrogen-bond acceptors (Lipinski definition) is 2. The Morgan fingerprint density at radius 1 is 1.11 bits per heavy atom. The summed E-state index contributed by atoms with van der Waals surface area (Å²) in [6.07, 6.45) is 2.26. The van der Waals surface area contributed by atoms with E-state index in [-0.39, 0.29) is 18.0 Å². The van der Waals surface area contributed by atoms with Crippen molar-refractivity contribution < 1.29 is 9.59 Å². The van der Waals surface area contributed by atoms with Gasteiger partial charge in [-0.2, -0.15) is 0 Å². The van der Waals surface area contributed by atoms with Crippen LogP contribution in [0.15, 0.2) is 18.2 Å². The third-order valence-corrected chi connectivity index (χ3v) is 3.26. The van der Waals surface area contributed by atoms with Crippen molar-refractivity contribution in [1.29, 1.82) is 0 Å². The molecule has 0 fully saturated rings. The van der Waals surface area contributed by atoms with Crippen molar-refractivity contribution >= 4 is 11.6 Å². The third kappa shape index (κ3) is 4.62. The molecule has 0 aromatic heterocycles. The van der Waals surface area contributed by atoms with Gasteiger partial charge in [0.2, 0.25) is 0 Å². The minimum atomic E-state index is -0.0298. The van der Waals surface area contributed by atoms with Gasteiger partial charge in [0.15, 0.2) is 5.78 Å². The van der Waals surface area contributed by atoms with E-state index in [0.29, 0.717) is 12.3 Å². The summed E-state index contributed by atoms with van der Waals surface area (Å²) in [4.78, 5) is 24.0. The van der Waals surface area contributed by atoms with Gasteiger partial charge in [0.25, 0.3) is 0 Å². The highest BCUT2D eigenvalue weighted by Gasteiger charge is 2.16. The largest absolute Gasteiger partial charge is 0.299 e. The van der Waals surface area contributed by atoms with Crippen LogP contribution in [0.3, 0.4) is 0 Å². The molecule has 1 aromatic carbocycles. The van der Waals surface area contributed by atoms with E-state index in [1.54, 1.807) is 0 Å². The first-order valence-electron chi connectivity index (χ1n) is 7.14. The van der Waals surface area contributed by atoms with Gasteiger partial charge in [-0.15, -0.1) is 0 Å². The van der Waals surface area contributed by atoms with E-state index < -0.39 is 0 Å². The van der Waals surface area contributed by atoms with E-state index >= 15 is 0 Å². The molecule has 1 rings (SSSR count). The van der Waals surface area contributed by atoms with Crippen molar-refractivity contribution in [1.82, 2.24) is 0 Å². The Morgan fingerprint density at radius 3 is 2.32 bits per heavy atom. The van der Waals surface area contributed by atoms with Crippen LogP contribution in [0.2, 0.25) is 0 Å². The summed E-state index contributed by atoms with van der Waals surface area (Å²) in [6.45, 7) is 8.10. The monoisotopic (exact) mass is 260 g/mol. The molecule has 0 radical (unpaired) electrons. The molecule has 0 unspecified atom stereocenters. The van der Waals surface area contributed by atoms with Crippen molar-refractivity contribution in [2.75, 3.05) is 0 Å². The summed E-state index contributed by atoms with van der Waals surface area (Å²) in [5.41, 5.74) is 2.93. The number of rotatable bonds is 7. The standard InChI is InChI=1S/C17H24O2/c1-5-13-7-8-14(6-2)16(10-13)17(19)11-15(18)9-12(3)4/h7-8,10,12H,5-6,9,11H2,1-4H3. The molecule has 0 spiro atoms. The number of hydrogen-bond donors (Lipinski definition) is 0. The number of aryl methyl sites for hydroxylation is 2. The van der Waals surface area contributed by atoms with Crippen LogP contribution in [0.4, 0.5) is 0 Å². The van der Waals surface area contributed by atoms with Gasteiger partial charge in [0.05, 0.1) is 6.42 Å². The maximum Gasteiger partial charge on any atom is 0.170 e. The first-order chi connectivity index (χ1) is 8.97. The minimum absolute atomic E-state index is 0.0298. The molecular weight excluding hydrogens is 236 g/mol. The highest BCUT2D eigenvalue weighted by atomic mass is 16.1. The van der Waals surface area contributed by atoms with Crippen molar-refractivity contribution in [3.05, 3.63) is 34.9 Å². The van der Waals surface area contributed by atoms with Crippen molar-refractivity contribution in [2.45, 2.75) is 53.4 Å². The smallest absolute Gasteiger partial charge is 0.170 e. The lowest BCUT2D eigenvalue weighted by molar-refractivity contribution is -0.118. The lowest BCUT2D eigenvalue weighted by Crippen LogP contribution is -2.12. The van der Waals surface area contributed by atoms with Gasteiger partial charge in [-0.25, -0.2) is 0 Å². The number of Topliss-reactive ketones (excluding diaryl/α,β-unsaturated/α-hetero) is 2. The van der Waals surface area contributed by atoms with Crippen LogP contribution in [0.5, 0.6) is 0 Å². The maximum absolute atomic E-state index is 12.3. The predicted octanol–water partition coefficient (Wildman–Crippen LogP) is 4.00. The Bertz CT molecular complexity index is 458. The first-order valence-corrected chi connectivity index (χ1v) is 7.14. The Kier molecular flexibility index (Phi) is 5.94. The van der Waals surface area contributed by atoms with Gasteiger partial charge in [-0.3, -0.25) is 9.59 Å². The molecule has 1 aromatic rings. The molecule has 2 nitrogen and oxygen atoms in total. The Morgan fingerprint density at radius 2 is 1.79 bits per heavy atom. The first kappa shape index (κ1) is 15.6. The molecule has 0 amide bonds. The van der Waals surface area contributed by atoms with Gasteiger partial charge in [0, 0.05) is 12.0 Å². The molecule has 0 aliphatic heterocycles. The molecule has 0 saturated carbocycles. The fourth-order valence-corrected chi connectivity index (χ4v) is 2.21. The van der Waals surface area contributed by atoms with Crippen LogP contribution in [0, 0.1) is 5.92 Å². The lowest BCUT2D eigenvalue weighted by atomic mass is 9.94. The summed E-state index contributed by atoms with van der Waals surface area (Å²) < 4.78 is 0. The highest BCUT2D eigenvalue weighted by Crippen LogP contribution is 2.17. The molecule has 104 valence electrons. The molecule has 0 aliphatic rings. The average molecular weight is 260 g/mol. The Balaban J connectivity index is 2.88. The van der Waals surface area contributed by atoms with E-state index in [9.17, 15) is 9.59 Å². The zero-order valence-corrected chi connectivity index (χ0v) is 12.5. The van der Waals surface area contributed by atoms with Crippen molar-refractivity contribution in [2.24, 2.45) is 5.92 Å². The lowest BCUT2D eigenvalue weighted by Gasteiger charge is -2.09. The number of carbonyl (C=O) groups is 2. The average Bonchev–Trinajstić information content (AvgIpc) is 2.36. The Labute approximate surface area is 116 Å². The normalized spacial score (nSPS) is 10.8. The summed E-state index contributed by atoms with van der Waals surface area (Å²) in [5, 5.41) is 0. The molecular formula is C17H24O2. The third-order valence-electron chi connectivity index (χ3n) is 3.26. The topological polar surface area (TPSA) is 34.1 Å². The maximum atomic E-state index is 12.3. The predicted molar refractivity (Wildman–Crippen MR) is 78.6 cm³/mol. The van der Waals surface area contributed by atoms with E-state index in [1.165, 1.54) is 0 Å². The van der Waals surface area contributed by atoms with Crippen LogP contribution in [-0.4, -0.2) is 11.6 Å². The molecule has 0 bridgehead atoms. The fraction of sp³-hybridized carbons (Fsp3) is 0.529.